The minimum absolute atomic E-state index is 0.293. The van der Waals surface area contributed by atoms with Gasteiger partial charge in [0.25, 0.3) is 5.89 Å². The summed E-state index contributed by atoms with van der Waals surface area (Å²) in [5, 5.41) is 7.35. The summed E-state index contributed by atoms with van der Waals surface area (Å²) in [7, 11) is 3.14. The molecular formula is C28H26N4O4. The number of methoxy groups -OCH3 is 2. The standard InChI is InChI=1S/C28H26N4O4/c1-17-10-12-20(13-11-17)26-30-27(36-31-26)24-18(2)32(21-14-22(34-3)16-23(15-21)35-4)28(33)29-25(24)19-8-6-5-7-9-19/h5-16,25H,1-4H3,(H,29,33). The average molecular weight is 483 g/mol. The molecule has 1 N–H and O–H groups in total. The van der Waals surface area contributed by atoms with Crippen LogP contribution in [-0.4, -0.2) is 30.4 Å². The number of amides is 2. The van der Waals surface area contributed by atoms with Gasteiger partial charge in [0, 0.05) is 29.5 Å². The molecule has 2 heterocycles. The Morgan fingerprint density at radius 2 is 1.58 bits per heavy atom. The number of hydrogen-bond acceptors (Lipinski definition) is 6. The Labute approximate surface area is 209 Å². The van der Waals surface area contributed by atoms with Gasteiger partial charge < -0.3 is 19.3 Å². The Morgan fingerprint density at radius 1 is 0.917 bits per heavy atom. The van der Waals surface area contributed by atoms with E-state index in [-0.39, 0.29) is 6.03 Å². The molecule has 0 saturated heterocycles. The zero-order valence-corrected chi connectivity index (χ0v) is 20.5. The van der Waals surface area contributed by atoms with E-state index in [4.69, 9.17) is 19.0 Å². The van der Waals surface area contributed by atoms with Crippen molar-refractivity contribution in [2.45, 2.75) is 19.9 Å². The minimum atomic E-state index is -0.478. The maximum atomic E-state index is 13.5. The van der Waals surface area contributed by atoms with Crippen LogP contribution in [0.5, 0.6) is 11.5 Å². The molecule has 0 spiro atoms. The molecular weight excluding hydrogens is 456 g/mol. The molecule has 0 aliphatic carbocycles. The molecule has 4 aromatic rings. The lowest BCUT2D eigenvalue weighted by atomic mass is 9.94. The molecule has 8 nitrogen and oxygen atoms in total. The smallest absolute Gasteiger partial charge is 0.327 e. The Balaban J connectivity index is 1.66. The highest BCUT2D eigenvalue weighted by atomic mass is 16.5. The summed E-state index contributed by atoms with van der Waals surface area (Å²) in [6.45, 7) is 3.89. The number of nitrogens with zero attached hydrogens (tertiary/aromatic N) is 3. The number of aromatic nitrogens is 2. The highest BCUT2D eigenvalue weighted by molar-refractivity contribution is 6.01. The SMILES string of the molecule is COc1cc(OC)cc(N2C(=O)NC(c3ccccc3)C(c3nc(-c4ccc(C)cc4)no3)=C2C)c1. The first-order chi connectivity index (χ1) is 17.5. The van der Waals surface area contributed by atoms with Crippen molar-refractivity contribution in [1.82, 2.24) is 15.5 Å². The van der Waals surface area contributed by atoms with E-state index in [1.807, 2.05) is 68.4 Å². The molecule has 0 radical (unpaired) electrons. The number of carbonyl (C=O) groups excluding carboxylic acids is 1. The third kappa shape index (κ3) is 4.29. The number of nitrogens with one attached hydrogen (secondary N) is 1. The van der Waals surface area contributed by atoms with Crippen LogP contribution in [0.25, 0.3) is 17.0 Å². The van der Waals surface area contributed by atoms with Crippen molar-refractivity contribution in [2.24, 2.45) is 0 Å². The molecule has 5 rings (SSSR count). The van der Waals surface area contributed by atoms with E-state index >= 15 is 0 Å². The average Bonchev–Trinajstić information content (AvgIpc) is 3.38. The van der Waals surface area contributed by atoms with E-state index in [1.54, 1.807) is 37.3 Å². The van der Waals surface area contributed by atoms with Crippen molar-refractivity contribution in [3.63, 3.8) is 0 Å². The second-order valence-corrected chi connectivity index (χ2v) is 8.49. The van der Waals surface area contributed by atoms with Gasteiger partial charge in [0.1, 0.15) is 11.5 Å². The second-order valence-electron chi connectivity index (χ2n) is 8.49. The molecule has 1 atom stereocenters. The summed E-state index contributed by atoms with van der Waals surface area (Å²) in [5.41, 5.74) is 4.83. The molecule has 3 aromatic carbocycles. The van der Waals surface area contributed by atoms with Crippen molar-refractivity contribution < 1.29 is 18.8 Å². The summed E-state index contributed by atoms with van der Waals surface area (Å²) in [6, 6.07) is 22.2. The highest BCUT2D eigenvalue weighted by Crippen LogP contribution is 2.40. The number of ether oxygens (including phenoxy) is 2. The second kappa shape index (κ2) is 9.58. The number of rotatable bonds is 6. The molecule has 0 saturated carbocycles. The van der Waals surface area contributed by atoms with Gasteiger partial charge >= 0.3 is 6.03 Å². The largest absolute Gasteiger partial charge is 0.497 e. The van der Waals surface area contributed by atoms with E-state index in [9.17, 15) is 4.79 Å². The van der Waals surface area contributed by atoms with E-state index < -0.39 is 6.04 Å². The molecule has 1 aromatic heterocycles. The van der Waals surface area contributed by atoms with Crippen molar-refractivity contribution >= 4 is 17.3 Å². The third-order valence-corrected chi connectivity index (χ3v) is 6.18. The lowest BCUT2D eigenvalue weighted by Gasteiger charge is -2.35. The van der Waals surface area contributed by atoms with Gasteiger partial charge in [-0.2, -0.15) is 4.98 Å². The van der Waals surface area contributed by atoms with E-state index in [0.29, 0.717) is 40.2 Å². The van der Waals surface area contributed by atoms with Crippen molar-refractivity contribution in [3.8, 4) is 22.9 Å². The summed E-state index contributed by atoms with van der Waals surface area (Å²) in [5.74, 6) is 1.94. The topological polar surface area (TPSA) is 89.7 Å². The maximum Gasteiger partial charge on any atom is 0.327 e. The van der Waals surface area contributed by atoms with Crippen LogP contribution in [0.1, 0.15) is 30.0 Å². The Kier molecular flexibility index (Phi) is 6.16. The predicted molar refractivity (Wildman–Crippen MR) is 137 cm³/mol. The van der Waals surface area contributed by atoms with Crippen LogP contribution in [0, 0.1) is 6.92 Å². The molecule has 0 bridgehead atoms. The zero-order valence-electron chi connectivity index (χ0n) is 20.5. The zero-order chi connectivity index (χ0) is 25.2. The maximum absolute atomic E-state index is 13.5. The first-order valence-electron chi connectivity index (χ1n) is 11.5. The van der Waals surface area contributed by atoms with Crippen molar-refractivity contribution in [3.05, 3.63) is 95.5 Å². The van der Waals surface area contributed by atoms with Crippen LogP contribution < -0.4 is 19.7 Å². The van der Waals surface area contributed by atoms with Gasteiger partial charge in [0.15, 0.2) is 0 Å². The number of urea groups is 1. The molecule has 1 aliphatic heterocycles. The fourth-order valence-corrected chi connectivity index (χ4v) is 4.30. The monoisotopic (exact) mass is 482 g/mol. The van der Waals surface area contributed by atoms with Crippen LogP contribution >= 0.6 is 0 Å². The summed E-state index contributed by atoms with van der Waals surface area (Å²) < 4.78 is 16.6. The molecule has 1 aliphatic rings. The molecule has 8 heteroatoms. The molecule has 2 amide bonds. The van der Waals surface area contributed by atoms with Gasteiger partial charge in [0.2, 0.25) is 5.82 Å². The quantitative estimate of drug-likeness (QED) is 0.376. The van der Waals surface area contributed by atoms with Crippen LogP contribution in [0.3, 0.4) is 0 Å². The Hall–Kier alpha value is -4.59. The predicted octanol–water partition coefficient (Wildman–Crippen LogP) is 5.76. The van der Waals surface area contributed by atoms with E-state index in [0.717, 1.165) is 16.7 Å². The number of anilines is 1. The molecule has 1 unspecified atom stereocenters. The number of aryl methyl sites for hydroxylation is 1. The fourth-order valence-electron chi connectivity index (χ4n) is 4.30. The normalized spacial score (nSPS) is 15.6. The van der Waals surface area contributed by atoms with Gasteiger partial charge in [-0.25, -0.2) is 4.79 Å². The lowest BCUT2D eigenvalue weighted by molar-refractivity contribution is 0.244. The van der Waals surface area contributed by atoms with Crippen LogP contribution in [0.15, 0.2) is 83.0 Å². The van der Waals surface area contributed by atoms with Crippen LogP contribution in [0.2, 0.25) is 0 Å². The number of allylic oxidation sites excluding steroid dienone is 1. The van der Waals surface area contributed by atoms with Crippen LogP contribution in [0.4, 0.5) is 10.5 Å². The van der Waals surface area contributed by atoms with Crippen molar-refractivity contribution in [1.29, 1.82) is 0 Å². The highest BCUT2D eigenvalue weighted by Gasteiger charge is 2.36. The van der Waals surface area contributed by atoms with Gasteiger partial charge in [-0.3, -0.25) is 4.90 Å². The van der Waals surface area contributed by atoms with Gasteiger partial charge in [-0.15, -0.1) is 0 Å². The van der Waals surface area contributed by atoms with Gasteiger partial charge in [0.05, 0.1) is 31.5 Å². The minimum Gasteiger partial charge on any atom is -0.497 e. The van der Waals surface area contributed by atoms with Gasteiger partial charge in [-0.1, -0.05) is 65.3 Å². The first kappa shape index (κ1) is 23.2. The van der Waals surface area contributed by atoms with Gasteiger partial charge in [-0.05, 0) is 19.4 Å². The number of hydrogen-bond donors (Lipinski definition) is 1. The molecule has 182 valence electrons. The molecule has 0 fully saturated rings. The number of benzene rings is 3. The summed E-state index contributed by atoms with van der Waals surface area (Å²) >= 11 is 0. The Bertz CT molecular complexity index is 1410. The van der Waals surface area contributed by atoms with Crippen LogP contribution in [-0.2, 0) is 0 Å². The van der Waals surface area contributed by atoms with E-state index in [1.165, 1.54) is 0 Å². The van der Waals surface area contributed by atoms with E-state index in [2.05, 4.69) is 10.5 Å². The third-order valence-electron chi connectivity index (χ3n) is 6.18. The summed E-state index contributed by atoms with van der Waals surface area (Å²) in [6.07, 6.45) is 0. The fraction of sp³-hybridized carbons (Fsp3) is 0.179. The number of carbonyl (C=O) groups is 1. The first-order valence-corrected chi connectivity index (χ1v) is 11.5. The lowest BCUT2D eigenvalue weighted by Crippen LogP contribution is -2.46. The summed E-state index contributed by atoms with van der Waals surface area (Å²) in [4.78, 5) is 19.7. The Morgan fingerprint density at radius 3 is 2.22 bits per heavy atom. The van der Waals surface area contributed by atoms with Crippen molar-refractivity contribution in [2.75, 3.05) is 19.1 Å². The molecule has 36 heavy (non-hydrogen) atoms.